The zero-order chi connectivity index (χ0) is 7.11. The molecule has 0 aromatic rings. The van der Waals surface area contributed by atoms with Gasteiger partial charge in [-0.3, -0.25) is 4.79 Å². The average molecular weight is 133 g/mol. The SMILES string of the molecule is O=COCC(CO)N=O. The molecule has 5 heteroatoms. The van der Waals surface area contributed by atoms with Crippen LogP contribution in [-0.2, 0) is 9.53 Å². The lowest BCUT2D eigenvalue weighted by atomic mass is 10.4. The number of rotatable bonds is 5. The molecule has 5 nitrogen and oxygen atoms in total. The van der Waals surface area contributed by atoms with Gasteiger partial charge < -0.3 is 9.84 Å². The van der Waals surface area contributed by atoms with Crippen molar-refractivity contribution in [1.82, 2.24) is 0 Å². The Morgan fingerprint density at radius 3 is 2.78 bits per heavy atom. The molecule has 0 bridgehead atoms. The number of aliphatic hydroxyl groups excluding tert-OH is 1. The maximum Gasteiger partial charge on any atom is 0.293 e. The van der Waals surface area contributed by atoms with Crippen LogP contribution in [0.3, 0.4) is 0 Å². The number of carbonyl (C=O) groups excluding carboxylic acids is 1. The molecule has 0 aromatic carbocycles. The zero-order valence-corrected chi connectivity index (χ0v) is 4.69. The quantitative estimate of drug-likeness (QED) is 0.397. The van der Waals surface area contributed by atoms with E-state index in [1.807, 2.05) is 0 Å². The number of hydrogen-bond acceptors (Lipinski definition) is 5. The summed E-state index contributed by atoms with van der Waals surface area (Å²) in [5.74, 6) is 0. The van der Waals surface area contributed by atoms with E-state index in [2.05, 4.69) is 9.91 Å². The average Bonchev–Trinajstić information content (AvgIpc) is 1.91. The molecule has 0 fully saturated rings. The second kappa shape index (κ2) is 5.17. The lowest BCUT2D eigenvalue weighted by Crippen LogP contribution is -2.16. The van der Waals surface area contributed by atoms with Gasteiger partial charge in [-0.1, -0.05) is 5.18 Å². The molecule has 0 spiro atoms. The Balaban J connectivity index is 3.30. The van der Waals surface area contributed by atoms with Gasteiger partial charge >= 0.3 is 0 Å². The highest BCUT2D eigenvalue weighted by Gasteiger charge is 2.05. The largest absolute Gasteiger partial charge is 0.465 e. The Bertz CT molecular complexity index is 94.6. The van der Waals surface area contributed by atoms with Crippen molar-refractivity contribution in [1.29, 1.82) is 0 Å². The summed E-state index contributed by atoms with van der Waals surface area (Å²) in [4.78, 5) is 19.1. The van der Waals surface area contributed by atoms with Gasteiger partial charge in [0.25, 0.3) is 6.47 Å². The Morgan fingerprint density at radius 2 is 2.44 bits per heavy atom. The van der Waals surface area contributed by atoms with Crippen LogP contribution in [0.5, 0.6) is 0 Å². The molecule has 0 saturated heterocycles. The first kappa shape index (κ1) is 8.03. The molecule has 1 unspecified atom stereocenters. The lowest BCUT2D eigenvalue weighted by Gasteiger charge is -2.00. The Labute approximate surface area is 51.6 Å². The smallest absolute Gasteiger partial charge is 0.293 e. The van der Waals surface area contributed by atoms with Crippen LogP contribution in [0.1, 0.15) is 0 Å². The predicted molar refractivity (Wildman–Crippen MR) is 28.7 cm³/mol. The summed E-state index contributed by atoms with van der Waals surface area (Å²) in [7, 11) is 0. The third-order valence-corrected chi connectivity index (χ3v) is 0.716. The second-order valence-electron chi connectivity index (χ2n) is 1.37. The molecule has 0 saturated carbocycles. The minimum absolute atomic E-state index is 0.149. The molecule has 0 aliphatic carbocycles. The van der Waals surface area contributed by atoms with Crippen molar-refractivity contribution in [2.45, 2.75) is 6.04 Å². The van der Waals surface area contributed by atoms with Crippen LogP contribution >= 0.6 is 0 Å². The lowest BCUT2D eigenvalue weighted by molar-refractivity contribution is -0.129. The fourth-order valence-electron chi connectivity index (χ4n) is 0.267. The zero-order valence-electron chi connectivity index (χ0n) is 4.69. The second-order valence-corrected chi connectivity index (χ2v) is 1.37. The van der Waals surface area contributed by atoms with E-state index < -0.39 is 12.6 Å². The Hall–Kier alpha value is -0.970. The summed E-state index contributed by atoms with van der Waals surface area (Å²) in [6, 6.07) is -0.824. The number of carbonyl (C=O) groups is 1. The molecule has 0 aromatic heterocycles. The molecule has 0 amide bonds. The summed E-state index contributed by atoms with van der Waals surface area (Å²) in [6.45, 7) is -0.339. The van der Waals surface area contributed by atoms with Crippen LogP contribution in [0, 0.1) is 4.91 Å². The van der Waals surface area contributed by atoms with Crippen molar-refractivity contribution in [3.8, 4) is 0 Å². The first-order valence-electron chi connectivity index (χ1n) is 2.33. The molecule has 1 N–H and O–H groups in total. The van der Waals surface area contributed by atoms with Gasteiger partial charge in [0, 0.05) is 0 Å². The topological polar surface area (TPSA) is 76.0 Å². The van der Waals surface area contributed by atoms with E-state index >= 15 is 0 Å². The third-order valence-electron chi connectivity index (χ3n) is 0.716. The van der Waals surface area contributed by atoms with E-state index in [0.717, 1.165) is 0 Å². The van der Waals surface area contributed by atoms with Gasteiger partial charge in [-0.25, -0.2) is 0 Å². The predicted octanol–water partition coefficient (Wildman–Crippen LogP) is -0.713. The van der Waals surface area contributed by atoms with E-state index in [1.54, 1.807) is 0 Å². The van der Waals surface area contributed by atoms with E-state index in [9.17, 15) is 9.70 Å². The van der Waals surface area contributed by atoms with Gasteiger partial charge in [-0.15, -0.1) is 0 Å². The van der Waals surface area contributed by atoms with Crippen molar-refractivity contribution in [2.24, 2.45) is 5.18 Å². The fraction of sp³-hybridized carbons (Fsp3) is 0.750. The van der Waals surface area contributed by atoms with Crippen LogP contribution in [0.4, 0.5) is 0 Å². The van der Waals surface area contributed by atoms with Crippen LogP contribution in [0.15, 0.2) is 5.18 Å². The first-order chi connectivity index (χ1) is 4.35. The summed E-state index contributed by atoms with van der Waals surface area (Å²) < 4.78 is 4.14. The normalized spacial score (nSPS) is 12.1. The molecule has 0 heterocycles. The third kappa shape index (κ3) is 3.60. The fourth-order valence-corrected chi connectivity index (χ4v) is 0.267. The monoisotopic (exact) mass is 133 g/mol. The summed E-state index contributed by atoms with van der Waals surface area (Å²) in [6.07, 6.45) is 0. The van der Waals surface area contributed by atoms with Gasteiger partial charge in [0.2, 0.25) is 0 Å². The molecule has 9 heavy (non-hydrogen) atoms. The highest BCUT2D eigenvalue weighted by atomic mass is 16.5. The summed E-state index contributed by atoms with van der Waals surface area (Å²) >= 11 is 0. The number of nitroso groups, excluding NO2 is 1. The van der Waals surface area contributed by atoms with E-state index in [1.165, 1.54) is 0 Å². The Morgan fingerprint density at radius 1 is 1.78 bits per heavy atom. The van der Waals surface area contributed by atoms with Gasteiger partial charge in [-0.05, 0) is 0 Å². The molecule has 0 aliphatic rings. The van der Waals surface area contributed by atoms with Crippen molar-refractivity contribution < 1.29 is 14.6 Å². The molecule has 0 aliphatic heterocycles. The van der Waals surface area contributed by atoms with E-state index in [-0.39, 0.29) is 13.1 Å². The van der Waals surface area contributed by atoms with Crippen LogP contribution in [0.2, 0.25) is 0 Å². The highest BCUT2D eigenvalue weighted by Crippen LogP contribution is 1.87. The van der Waals surface area contributed by atoms with Gasteiger partial charge in [0.1, 0.15) is 12.6 Å². The van der Waals surface area contributed by atoms with E-state index in [0.29, 0.717) is 0 Å². The van der Waals surface area contributed by atoms with Crippen molar-refractivity contribution in [3.05, 3.63) is 4.91 Å². The standard InChI is InChI=1S/C4H7NO4/c6-1-4(5-8)2-9-3-7/h3-4,6H,1-2H2. The van der Waals surface area contributed by atoms with Crippen LogP contribution < -0.4 is 0 Å². The minimum atomic E-state index is -0.824. The molecular formula is C4H7NO4. The summed E-state index contributed by atoms with van der Waals surface area (Å²) in [5.41, 5.74) is 0. The molecular weight excluding hydrogens is 126 g/mol. The maximum atomic E-state index is 9.64. The maximum absolute atomic E-state index is 9.64. The molecule has 1 atom stereocenters. The van der Waals surface area contributed by atoms with Crippen LogP contribution in [0.25, 0.3) is 0 Å². The van der Waals surface area contributed by atoms with Gasteiger partial charge in [0.15, 0.2) is 0 Å². The van der Waals surface area contributed by atoms with Gasteiger partial charge in [0.05, 0.1) is 6.61 Å². The molecule has 52 valence electrons. The number of hydrogen-bond donors (Lipinski definition) is 1. The molecule has 0 radical (unpaired) electrons. The Kier molecular flexibility index (Phi) is 4.61. The minimum Gasteiger partial charge on any atom is -0.465 e. The first-order valence-corrected chi connectivity index (χ1v) is 2.33. The van der Waals surface area contributed by atoms with Crippen molar-refractivity contribution in [3.63, 3.8) is 0 Å². The highest BCUT2D eigenvalue weighted by molar-refractivity contribution is 5.36. The van der Waals surface area contributed by atoms with Gasteiger partial charge in [-0.2, -0.15) is 4.91 Å². The number of nitrogens with zero attached hydrogens (tertiary/aromatic N) is 1. The number of ether oxygens (including phenoxy) is 1. The van der Waals surface area contributed by atoms with Crippen LogP contribution in [-0.4, -0.2) is 30.8 Å². The van der Waals surface area contributed by atoms with Crippen molar-refractivity contribution >= 4 is 6.47 Å². The summed E-state index contributed by atoms with van der Waals surface area (Å²) in [5, 5.41) is 10.7. The van der Waals surface area contributed by atoms with E-state index in [4.69, 9.17) is 5.11 Å². The number of aliphatic hydroxyl groups is 1. The van der Waals surface area contributed by atoms with Crippen molar-refractivity contribution in [2.75, 3.05) is 13.2 Å². The molecule has 0 rings (SSSR count).